The topological polar surface area (TPSA) is 20.3 Å². The van der Waals surface area contributed by atoms with Gasteiger partial charge in [0, 0.05) is 13.6 Å². The first-order valence-corrected chi connectivity index (χ1v) is 4.12. The lowest BCUT2D eigenvalue weighted by atomic mass is 10.5. The molecule has 0 saturated carbocycles. The van der Waals surface area contributed by atoms with E-state index < -0.39 is 0 Å². The molecule has 0 aromatic heterocycles. The Bertz CT molecular complexity index is 141. The molecule has 0 aliphatic rings. The van der Waals surface area contributed by atoms with E-state index in [-0.39, 0.29) is 5.91 Å². The van der Waals surface area contributed by atoms with Crippen LogP contribution in [0.3, 0.4) is 0 Å². The van der Waals surface area contributed by atoms with Gasteiger partial charge in [-0.05, 0) is 19.4 Å². The van der Waals surface area contributed by atoms with Crippen LogP contribution in [0.25, 0.3) is 0 Å². The highest BCUT2D eigenvalue weighted by molar-refractivity contribution is 5.86. The van der Waals surface area contributed by atoms with Gasteiger partial charge in [0.25, 0.3) is 0 Å². The Morgan fingerprint density at radius 2 is 1.83 bits per heavy atom. The Kier molecular flexibility index (Phi) is 11.2. The van der Waals surface area contributed by atoms with E-state index in [0.717, 1.165) is 13.0 Å². The number of hydrogen-bond acceptors (Lipinski definition) is 1. The lowest BCUT2D eigenvalue weighted by Gasteiger charge is -2.09. The molecule has 70 valence electrons. The van der Waals surface area contributed by atoms with Crippen molar-refractivity contribution in [2.75, 3.05) is 13.6 Å². The summed E-state index contributed by atoms with van der Waals surface area (Å²) in [5.74, 6) is -0.0208. The van der Waals surface area contributed by atoms with E-state index in [4.69, 9.17) is 0 Å². The van der Waals surface area contributed by atoms with Gasteiger partial charge in [-0.1, -0.05) is 19.6 Å². The molecule has 0 fully saturated rings. The summed E-state index contributed by atoms with van der Waals surface area (Å²) in [6, 6.07) is 0. The molecule has 0 aliphatic carbocycles. The highest BCUT2D eigenvalue weighted by Gasteiger charge is 1.96. The van der Waals surface area contributed by atoms with Gasteiger partial charge in [-0.25, -0.2) is 0 Å². The second kappa shape index (κ2) is 9.95. The third-order valence-corrected chi connectivity index (χ3v) is 1.31. The van der Waals surface area contributed by atoms with Crippen molar-refractivity contribution in [2.24, 2.45) is 0 Å². The van der Waals surface area contributed by atoms with Crippen LogP contribution in [-0.2, 0) is 4.79 Å². The van der Waals surface area contributed by atoms with Crippen molar-refractivity contribution in [3.63, 3.8) is 0 Å². The van der Waals surface area contributed by atoms with Crippen LogP contribution in [0.5, 0.6) is 0 Å². The molecule has 12 heavy (non-hydrogen) atoms. The summed E-state index contributed by atoms with van der Waals surface area (Å²) < 4.78 is 0. The van der Waals surface area contributed by atoms with Crippen LogP contribution >= 0.6 is 0 Å². The smallest absolute Gasteiger partial charge is 0.245 e. The van der Waals surface area contributed by atoms with Crippen LogP contribution in [0, 0.1) is 0 Å². The molecule has 0 rings (SSSR count). The third-order valence-electron chi connectivity index (χ3n) is 1.31. The standard InChI is InChI=1S/C6H11NO.C4H8/c1-4-6(8)7(3)5-2;1-3-4-2/h4H,1,5H2,2-3H3;3H,1,4H2,2H3. The predicted molar refractivity (Wildman–Crippen MR) is 54.0 cm³/mol. The van der Waals surface area contributed by atoms with Crippen molar-refractivity contribution in [3.05, 3.63) is 25.3 Å². The van der Waals surface area contributed by atoms with Gasteiger partial charge in [-0.2, -0.15) is 0 Å². The highest BCUT2D eigenvalue weighted by Crippen LogP contribution is 1.81. The van der Waals surface area contributed by atoms with Crippen LogP contribution in [-0.4, -0.2) is 24.4 Å². The summed E-state index contributed by atoms with van der Waals surface area (Å²) in [7, 11) is 1.74. The van der Waals surface area contributed by atoms with Gasteiger partial charge in [0.1, 0.15) is 0 Å². The second-order valence-corrected chi connectivity index (χ2v) is 2.25. The number of allylic oxidation sites excluding steroid dienone is 1. The number of likely N-dealkylation sites (N-methyl/N-ethyl adjacent to an activating group) is 1. The molecule has 0 heterocycles. The van der Waals surface area contributed by atoms with E-state index in [1.807, 2.05) is 13.0 Å². The maximum absolute atomic E-state index is 10.6. The van der Waals surface area contributed by atoms with Crippen molar-refractivity contribution in [2.45, 2.75) is 20.3 Å². The fraction of sp³-hybridized carbons (Fsp3) is 0.500. The quantitative estimate of drug-likeness (QED) is 0.468. The van der Waals surface area contributed by atoms with E-state index in [1.54, 1.807) is 11.9 Å². The number of nitrogens with zero attached hydrogens (tertiary/aromatic N) is 1. The molecule has 0 aliphatic heterocycles. The van der Waals surface area contributed by atoms with Gasteiger partial charge < -0.3 is 4.90 Å². The van der Waals surface area contributed by atoms with Crippen LogP contribution < -0.4 is 0 Å². The summed E-state index contributed by atoms with van der Waals surface area (Å²) in [4.78, 5) is 12.1. The van der Waals surface area contributed by atoms with E-state index >= 15 is 0 Å². The second-order valence-electron chi connectivity index (χ2n) is 2.25. The van der Waals surface area contributed by atoms with Crippen molar-refractivity contribution >= 4 is 5.91 Å². The van der Waals surface area contributed by atoms with Crippen molar-refractivity contribution in [3.8, 4) is 0 Å². The minimum Gasteiger partial charge on any atom is -0.343 e. The Labute approximate surface area is 75.6 Å². The van der Waals surface area contributed by atoms with E-state index in [9.17, 15) is 4.79 Å². The van der Waals surface area contributed by atoms with Crippen molar-refractivity contribution < 1.29 is 4.79 Å². The van der Waals surface area contributed by atoms with Gasteiger partial charge in [0.15, 0.2) is 0 Å². The summed E-state index contributed by atoms with van der Waals surface area (Å²) in [6.45, 7) is 11.5. The Hall–Kier alpha value is -1.05. The van der Waals surface area contributed by atoms with Crippen LogP contribution in [0.2, 0.25) is 0 Å². The third kappa shape index (κ3) is 8.95. The van der Waals surface area contributed by atoms with Crippen molar-refractivity contribution in [1.29, 1.82) is 0 Å². The normalized spacial score (nSPS) is 7.58. The summed E-state index contributed by atoms with van der Waals surface area (Å²) >= 11 is 0. The van der Waals surface area contributed by atoms with E-state index in [1.165, 1.54) is 6.08 Å². The number of rotatable bonds is 3. The minimum absolute atomic E-state index is 0.0208. The molecule has 1 amide bonds. The molecule has 0 bridgehead atoms. The van der Waals surface area contributed by atoms with Crippen LogP contribution in [0.4, 0.5) is 0 Å². The first kappa shape index (κ1) is 13.5. The summed E-state index contributed by atoms with van der Waals surface area (Å²) in [5.41, 5.74) is 0. The van der Waals surface area contributed by atoms with Gasteiger partial charge >= 0.3 is 0 Å². The molecule has 2 nitrogen and oxygen atoms in total. The molecule has 0 N–H and O–H groups in total. The predicted octanol–water partition coefficient (Wildman–Crippen LogP) is 2.23. The minimum atomic E-state index is -0.0208. The fourth-order valence-corrected chi connectivity index (χ4v) is 0.312. The lowest BCUT2D eigenvalue weighted by Crippen LogP contribution is -2.23. The van der Waals surface area contributed by atoms with E-state index in [2.05, 4.69) is 20.1 Å². The Morgan fingerprint density at radius 1 is 1.42 bits per heavy atom. The zero-order valence-corrected chi connectivity index (χ0v) is 8.34. The zero-order chi connectivity index (χ0) is 9.98. The van der Waals surface area contributed by atoms with Gasteiger partial charge in [-0.15, -0.1) is 6.58 Å². The molecule has 0 unspecified atom stereocenters. The van der Waals surface area contributed by atoms with Crippen LogP contribution in [0.1, 0.15) is 20.3 Å². The van der Waals surface area contributed by atoms with Crippen LogP contribution in [0.15, 0.2) is 25.3 Å². The Morgan fingerprint density at radius 3 is 1.92 bits per heavy atom. The average Bonchev–Trinajstić information content (AvgIpc) is 2.15. The maximum atomic E-state index is 10.6. The number of amides is 1. The Balaban J connectivity index is 0. The lowest BCUT2D eigenvalue weighted by molar-refractivity contribution is -0.124. The first-order valence-electron chi connectivity index (χ1n) is 4.12. The molecule has 0 spiro atoms. The SMILES string of the molecule is C=CC(=O)N(C)CC.C=CCC. The molecular formula is C10H19NO. The molecule has 0 aromatic carbocycles. The number of hydrogen-bond donors (Lipinski definition) is 0. The molecule has 0 saturated heterocycles. The molecular weight excluding hydrogens is 150 g/mol. The van der Waals surface area contributed by atoms with E-state index in [0.29, 0.717) is 0 Å². The number of carbonyl (C=O) groups excluding carboxylic acids is 1. The van der Waals surface area contributed by atoms with Crippen molar-refractivity contribution in [1.82, 2.24) is 4.90 Å². The fourth-order valence-electron chi connectivity index (χ4n) is 0.312. The summed E-state index contributed by atoms with van der Waals surface area (Å²) in [5, 5.41) is 0. The van der Waals surface area contributed by atoms with Gasteiger partial charge in [-0.3, -0.25) is 4.79 Å². The molecule has 0 aromatic rings. The largest absolute Gasteiger partial charge is 0.343 e. The zero-order valence-electron chi connectivity index (χ0n) is 8.34. The molecule has 2 heteroatoms. The molecule has 0 radical (unpaired) electrons. The monoisotopic (exact) mass is 169 g/mol. The molecule has 0 atom stereocenters. The average molecular weight is 169 g/mol. The number of carbonyl (C=O) groups is 1. The maximum Gasteiger partial charge on any atom is 0.245 e. The highest BCUT2D eigenvalue weighted by atomic mass is 16.2. The summed E-state index contributed by atoms with van der Waals surface area (Å²) in [6.07, 6.45) is 4.27. The van der Waals surface area contributed by atoms with Gasteiger partial charge in [0.2, 0.25) is 5.91 Å². The van der Waals surface area contributed by atoms with Gasteiger partial charge in [0.05, 0.1) is 0 Å². The first-order chi connectivity index (χ1) is 5.63.